The van der Waals surface area contributed by atoms with Gasteiger partial charge >= 0.3 is 6.18 Å². The molecule has 0 saturated heterocycles. The summed E-state index contributed by atoms with van der Waals surface area (Å²) in [6, 6.07) is 0.286. The van der Waals surface area contributed by atoms with Crippen LogP contribution in [0.15, 0.2) is 12.4 Å². The molecule has 2 bridgehead atoms. The number of hydrogen-bond donors (Lipinski definition) is 1. The second-order valence-electron chi connectivity index (χ2n) is 5.92. The summed E-state index contributed by atoms with van der Waals surface area (Å²) < 4.78 is 39.5. The van der Waals surface area contributed by atoms with Crippen LogP contribution >= 0.6 is 0 Å². The van der Waals surface area contributed by atoms with Crippen LogP contribution in [-0.2, 0) is 6.18 Å². The summed E-state index contributed by atoms with van der Waals surface area (Å²) in [4.78, 5) is 4.15. The zero-order valence-electron chi connectivity index (χ0n) is 11.1. The van der Waals surface area contributed by atoms with E-state index in [1.165, 1.54) is 31.7 Å². The first kappa shape index (κ1) is 12.8. The zero-order valence-corrected chi connectivity index (χ0v) is 11.1. The standard InChI is InChI=1S/C13H14F3N5/c14-13(15,16)12-20-19-11-10(17-3-4-21(11)12)18-9-6-7-1-2-8(9)5-7/h3-4,7-9H,1-2,5-6H2,(H,17,18). The maximum atomic E-state index is 12.8. The van der Waals surface area contributed by atoms with E-state index in [4.69, 9.17) is 0 Å². The Morgan fingerprint density at radius 3 is 2.71 bits per heavy atom. The van der Waals surface area contributed by atoms with Gasteiger partial charge in [-0.05, 0) is 31.1 Å². The molecule has 0 amide bonds. The minimum Gasteiger partial charge on any atom is -0.364 e. The Morgan fingerprint density at radius 2 is 2.05 bits per heavy atom. The highest BCUT2D eigenvalue weighted by atomic mass is 19.4. The molecule has 2 aliphatic rings. The molecule has 21 heavy (non-hydrogen) atoms. The van der Waals surface area contributed by atoms with Gasteiger partial charge in [-0.1, -0.05) is 6.42 Å². The van der Waals surface area contributed by atoms with Crippen molar-refractivity contribution in [3.8, 4) is 0 Å². The smallest absolute Gasteiger partial charge is 0.364 e. The van der Waals surface area contributed by atoms with Crippen molar-refractivity contribution in [3.05, 3.63) is 18.2 Å². The van der Waals surface area contributed by atoms with E-state index < -0.39 is 12.0 Å². The molecule has 3 atom stereocenters. The fraction of sp³-hybridized carbons (Fsp3) is 0.615. The molecule has 2 aromatic rings. The van der Waals surface area contributed by atoms with Crippen LogP contribution < -0.4 is 5.32 Å². The Hall–Kier alpha value is -1.86. The van der Waals surface area contributed by atoms with Crippen LogP contribution in [0.1, 0.15) is 31.5 Å². The summed E-state index contributed by atoms with van der Waals surface area (Å²) in [6.45, 7) is 0. The molecular weight excluding hydrogens is 283 g/mol. The number of rotatable bonds is 2. The summed E-state index contributed by atoms with van der Waals surface area (Å²) in [5, 5.41) is 10.2. The van der Waals surface area contributed by atoms with E-state index in [9.17, 15) is 13.2 Å². The molecular formula is C13H14F3N5. The summed E-state index contributed by atoms with van der Waals surface area (Å²) in [7, 11) is 0. The monoisotopic (exact) mass is 297 g/mol. The molecule has 112 valence electrons. The van der Waals surface area contributed by atoms with Crippen LogP contribution in [0.4, 0.5) is 19.0 Å². The molecule has 0 aromatic carbocycles. The maximum Gasteiger partial charge on any atom is 0.452 e. The lowest BCUT2D eigenvalue weighted by Gasteiger charge is -2.23. The molecule has 5 nitrogen and oxygen atoms in total. The normalized spacial score (nSPS) is 28.4. The highest BCUT2D eigenvalue weighted by Crippen LogP contribution is 2.45. The molecule has 0 radical (unpaired) electrons. The highest BCUT2D eigenvalue weighted by Gasteiger charge is 2.40. The fourth-order valence-electron chi connectivity index (χ4n) is 3.72. The highest BCUT2D eigenvalue weighted by molar-refractivity contribution is 5.62. The van der Waals surface area contributed by atoms with Gasteiger partial charge in [0.15, 0.2) is 5.82 Å². The van der Waals surface area contributed by atoms with E-state index in [0.717, 1.165) is 16.7 Å². The molecule has 2 aromatic heterocycles. The zero-order chi connectivity index (χ0) is 14.6. The van der Waals surface area contributed by atoms with Crippen LogP contribution in [0.25, 0.3) is 5.65 Å². The Kier molecular flexibility index (Phi) is 2.64. The van der Waals surface area contributed by atoms with Crippen molar-refractivity contribution in [1.82, 2.24) is 19.6 Å². The quantitative estimate of drug-likeness (QED) is 0.926. The van der Waals surface area contributed by atoms with Crippen LogP contribution in [-0.4, -0.2) is 25.6 Å². The first-order valence-electron chi connectivity index (χ1n) is 7.06. The van der Waals surface area contributed by atoms with Crippen molar-refractivity contribution in [2.45, 2.75) is 37.9 Å². The number of aromatic nitrogens is 4. The SMILES string of the molecule is FC(F)(F)c1nnc2c(NC3CC4CCC3C4)nccn12. The van der Waals surface area contributed by atoms with Crippen molar-refractivity contribution in [2.24, 2.45) is 11.8 Å². The van der Waals surface area contributed by atoms with E-state index in [-0.39, 0.29) is 11.7 Å². The van der Waals surface area contributed by atoms with Gasteiger partial charge in [-0.25, -0.2) is 4.98 Å². The predicted octanol–water partition coefficient (Wildman–Crippen LogP) is 2.74. The largest absolute Gasteiger partial charge is 0.452 e. The van der Waals surface area contributed by atoms with Crippen molar-refractivity contribution in [3.63, 3.8) is 0 Å². The molecule has 2 saturated carbocycles. The molecule has 2 aliphatic carbocycles. The second kappa shape index (κ2) is 4.32. The Labute approximate surface area is 118 Å². The third-order valence-corrected chi connectivity index (χ3v) is 4.64. The molecule has 0 aliphatic heterocycles. The lowest BCUT2D eigenvalue weighted by molar-refractivity contribution is -0.145. The topological polar surface area (TPSA) is 55.1 Å². The Morgan fingerprint density at radius 1 is 1.19 bits per heavy atom. The summed E-state index contributed by atoms with van der Waals surface area (Å²) in [6.07, 6.45) is 2.79. The van der Waals surface area contributed by atoms with Gasteiger partial charge in [0.1, 0.15) is 0 Å². The van der Waals surface area contributed by atoms with Crippen LogP contribution in [0.2, 0.25) is 0 Å². The van der Waals surface area contributed by atoms with Gasteiger partial charge < -0.3 is 5.32 Å². The van der Waals surface area contributed by atoms with Crippen molar-refractivity contribution >= 4 is 11.5 Å². The number of nitrogens with one attached hydrogen (secondary N) is 1. The first-order valence-corrected chi connectivity index (χ1v) is 7.06. The number of nitrogens with zero attached hydrogens (tertiary/aromatic N) is 4. The number of hydrogen-bond acceptors (Lipinski definition) is 4. The van der Waals surface area contributed by atoms with Gasteiger partial charge in [-0.2, -0.15) is 13.2 Å². The third-order valence-electron chi connectivity index (χ3n) is 4.64. The van der Waals surface area contributed by atoms with Crippen LogP contribution in [0, 0.1) is 11.8 Å². The van der Waals surface area contributed by atoms with E-state index in [2.05, 4.69) is 20.5 Å². The predicted molar refractivity (Wildman–Crippen MR) is 68.6 cm³/mol. The minimum absolute atomic E-state index is 0.132. The van der Waals surface area contributed by atoms with E-state index in [0.29, 0.717) is 11.7 Å². The van der Waals surface area contributed by atoms with Crippen molar-refractivity contribution < 1.29 is 13.2 Å². The van der Waals surface area contributed by atoms with Crippen LogP contribution in [0.3, 0.4) is 0 Å². The van der Waals surface area contributed by atoms with Gasteiger partial charge in [0.25, 0.3) is 0 Å². The lowest BCUT2D eigenvalue weighted by atomic mass is 9.95. The lowest BCUT2D eigenvalue weighted by Crippen LogP contribution is -2.26. The van der Waals surface area contributed by atoms with Crippen molar-refractivity contribution in [2.75, 3.05) is 5.32 Å². The van der Waals surface area contributed by atoms with Gasteiger partial charge in [-0.3, -0.25) is 4.40 Å². The van der Waals surface area contributed by atoms with Gasteiger partial charge in [0, 0.05) is 18.4 Å². The summed E-state index contributed by atoms with van der Waals surface area (Å²) in [5.41, 5.74) is 0.132. The number of fused-ring (bicyclic) bond motifs is 3. The van der Waals surface area contributed by atoms with Gasteiger partial charge in [-0.15, -0.1) is 10.2 Å². The molecule has 0 spiro atoms. The average Bonchev–Trinajstić information content (AvgIpc) is 3.12. The second-order valence-corrected chi connectivity index (χ2v) is 5.92. The summed E-state index contributed by atoms with van der Waals surface area (Å²) >= 11 is 0. The Bertz CT molecular complexity index is 680. The van der Waals surface area contributed by atoms with E-state index in [1.54, 1.807) is 0 Å². The maximum absolute atomic E-state index is 12.8. The van der Waals surface area contributed by atoms with Gasteiger partial charge in [0.2, 0.25) is 11.5 Å². The number of alkyl halides is 3. The first-order chi connectivity index (χ1) is 10.0. The van der Waals surface area contributed by atoms with E-state index in [1.807, 2.05) is 0 Å². The fourth-order valence-corrected chi connectivity index (χ4v) is 3.72. The van der Waals surface area contributed by atoms with Crippen LogP contribution in [0.5, 0.6) is 0 Å². The Balaban J connectivity index is 1.68. The molecule has 4 rings (SSSR count). The van der Waals surface area contributed by atoms with Crippen molar-refractivity contribution in [1.29, 1.82) is 0 Å². The third kappa shape index (κ3) is 2.04. The molecule has 1 N–H and O–H groups in total. The number of halogens is 3. The summed E-state index contributed by atoms with van der Waals surface area (Å²) in [5.74, 6) is 0.715. The van der Waals surface area contributed by atoms with E-state index >= 15 is 0 Å². The van der Waals surface area contributed by atoms with Gasteiger partial charge in [0.05, 0.1) is 0 Å². The molecule has 2 fully saturated rings. The molecule has 2 heterocycles. The molecule has 8 heteroatoms. The molecule has 3 unspecified atom stereocenters. The number of anilines is 1. The minimum atomic E-state index is -4.52. The average molecular weight is 297 g/mol.